The smallest absolute Gasteiger partial charge is 0.161 e. The average molecular weight is 404 g/mol. The summed E-state index contributed by atoms with van der Waals surface area (Å²) in [5.41, 5.74) is 11.5. The average Bonchev–Trinajstić information content (AvgIpc) is 2.74. The maximum absolute atomic E-state index is 13.1. The van der Waals surface area contributed by atoms with Crippen LogP contribution in [0.4, 0.5) is 5.69 Å². The van der Waals surface area contributed by atoms with Gasteiger partial charge in [-0.15, -0.1) is 0 Å². The minimum atomic E-state index is -0.419. The Bertz CT molecular complexity index is 1060. The molecule has 2 N–H and O–H groups in total. The molecule has 1 heterocycles. The second-order valence-electron chi connectivity index (χ2n) is 7.39. The van der Waals surface area contributed by atoms with E-state index in [0.29, 0.717) is 28.4 Å². The van der Waals surface area contributed by atoms with Crippen LogP contribution in [0.3, 0.4) is 0 Å². The second-order valence-corrected chi connectivity index (χ2v) is 7.82. The summed E-state index contributed by atoms with van der Waals surface area (Å²) in [4.78, 5) is 14.9. The summed E-state index contributed by atoms with van der Waals surface area (Å²) >= 11 is 6.05. The van der Waals surface area contributed by atoms with Gasteiger partial charge in [-0.3, -0.25) is 9.69 Å². The number of aryl methyl sites for hydroxylation is 1. The Morgan fingerprint density at radius 3 is 2.45 bits per heavy atom. The minimum Gasteiger partial charge on any atom is -0.384 e. The van der Waals surface area contributed by atoms with Gasteiger partial charge in [0.2, 0.25) is 0 Å². The van der Waals surface area contributed by atoms with Gasteiger partial charge in [-0.05, 0) is 54.7 Å². The third-order valence-corrected chi connectivity index (χ3v) is 5.97. The van der Waals surface area contributed by atoms with Crippen molar-refractivity contribution in [3.05, 3.63) is 87.3 Å². The fraction of sp³-hybridized carbons (Fsp3) is 0.250. The largest absolute Gasteiger partial charge is 0.384 e. The molecule has 0 spiro atoms. The molecule has 1 atom stereocenters. The zero-order chi connectivity index (χ0) is 20.5. The lowest BCUT2D eigenvalue weighted by molar-refractivity contribution is -0.116. The highest BCUT2D eigenvalue weighted by molar-refractivity contribution is 6.30. The molecule has 0 fully saturated rings. The van der Waals surface area contributed by atoms with Crippen molar-refractivity contribution in [2.24, 2.45) is 5.73 Å². The molecule has 5 heteroatoms. The first kappa shape index (κ1) is 19.3. The zero-order valence-electron chi connectivity index (χ0n) is 16.3. The molecule has 4 nitrogen and oxygen atoms in total. The first-order valence-corrected chi connectivity index (χ1v) is 10.2. The number of benzene rings is 2. The van der Waals surface area contributed by atoms with E-state index in [9.17, 15) is 10.1 Å². The number of carbonyl (C=O) groups excluding carboxylic acids is 1. The van der Waals surface area contributed by atoms with Crippen LogP contribution < -0.4 is 10.6 Å². The van der Waals surface area contributed by atoms with Gasteiger partial charge in [0.15, 0.2) is 5.78 Å². The molecule has 29 heavy (non-hydrogen) atoms. The minimum absolute atomic E-state index is 0.0926. The SMILES string of the molecule is CCc1ccc([C@@H]2C(C#N)=C(N)N(c3ccc(Cl)cc3)C3=C2C(=O)CCC3)cc1. The zero-order valence-corrected chi connectivity index (χ0v) is 17.0. The topological polar surface area (TPSA) is 70.1 Å². The highest BCUT2D eigenvalue weighted by Gasteiger charge is 2.40. The molecule has 0 bridgehead atoms. The number of nitrogens with two attached hydrogens (primary N) is 1. The molecule has 1 aliphatic heterocycles. The number of halogens is 1. The van der Waals surface area contributed by atoms with Gasteiger partial charge in [-0.2, -0.15) is 5.26 Å². The molecule has 0 radical (unpaired) electrons. The van der Waals surface area contributed by atoms with Crippen LogP contribution in [0.1, 0.15) is 43.2 Å². The van der Waals surface area contributed by atoms with E-state index in [1.165, 1.54) is 5.56 Å². The van der Waals surface area contributed by atoms with Crippen molar-refractivity contribution in [2.45, 2.75) is 38.5 Å². The van der Waals surface area contributed by atoms with Crippen LogP contribution in [0.25, 0.3) is 0 Å². The number of nitriles is 1. The normalized spacial score (nSPS) is 19.3. The Morgan fingerprint density at radius 1 is 1.14 bits per heavy atom. The van der Waals surface area contributed by atoms with Crippen molar-refractivity contribution < 1.29 is 4.79 Å². The van der Waals surface area contributed by atoms with Crippen molar-refractivity contribution in [1.82, 2.24) is 0 Å². The summed E-state index contributed by atoms with van der Waals surface area (Å²) in [5.74, 6) is 0.0557. The quantitative estimate of drug-likeness (QED) is 0.763. The number of hydrogen-bond acceptors (Lipinski definition) is 4. The highest BCUT2D eigenvalue weighted by atomic mass is 35.5. The van der Waals surface area contributed by atoms with E-state index in [2.05, 4.69) is 25.1 Å². The number of carbonyl (C=O) groups is 1. The van der Waals surface area contributed by atoms with Crippen LogP contribution in [-0.2, 0) is 11.2 Å². The second kappa shape index (κ2) is 7.77. The highest BCUT2D eigenvalue weighted by Crippen LogP contribution is 2.46. The fourth-order valence-corrected chi connectivity index (χ4v) is 4.38. The summed E-state index contributed by atoms with van der Waals surface area (Å²) in [7, 11) is 0. The molecular formula is C24H22ClN3O. The Balaban J connectivity index is 1.92. The number of allylic oxidation sites excluding steroid dienone is 3. The van der Waals surface area contributed by atoms with Gasteiger partial charge < -0.3 is 5.73 Å². The van der Waals surface area contributed by atoms with Crippen molar-refractivity contribution >= 4 is 23.1 Å². The third kappa shape index (κ3) is 3.32. The van der Waals surface area contributed by atoms with E-state index < -0.39 is 5.92 Å². The maximum Gasteiger partial charge on any atom is 0.161 e. The van der Waals surface area contributed by atoms with Gasteiger partial charge in [-0.25, -0.2) is 0 Å². The predicted octanol–water partition coefficient (Wildman–Crippen LogP) is 5.21. The monoisotopic (exact) mass is 403 g/mol. The number of rotatable bonds is 3. The van der Waals surface area contributed by atoms with Gasteiger partial charge in [0.05, 0.1) is 17.6 Å². The van der Waals surface area contributed by atoms with Crippen LogP contribution in [0.5, 0.6) is 0 Å². The number of anilines is 1. The third-order valence-electron chi connectivity index (χ3n) is 5.72. The van der Waals surface area contributed by atoms with Crippen LogP contribution in [0.15, 0.2) is 71.2 Å². The predicted molar refractivity (Wildman–Crippen MR) is 115 cm³/mol. The number of hydrogen-bond donors (Lipinski definition) is 1. The number of Topliss-reactive ketones (excluding diaryl/α,β-unsaturated/α-hetero) is 1. The van der Waals surface area contributed by atoms with Gasteiger partial charge in [0, 0.05) is 28.4 Å². The Kier molecular flexibility index (Phi) is 5.17. The summed E-state index contributed by atoms with van der Waals surface area (Å²) in [6, 6.07) is 17.7. The van der Waals surface area contributed by atoms with Gasteiger partial charge in [-0.1, -0.05) is 42.8 Å². The van der Waals surface area contributed by atoms with E-state index in [1.807, 2.05) is 29.2 Å². The summed E-state index contributed by atoms with van der Waals surface area (Å²) < 4.78 is 0. The van der Waals surface area contributed by atoms with E-state index in [-0.39, 0.29) is 5.78 Å². The molecule has 0 aromatic heterocycles. The lowest BCUT2D eigenvalue weighted by Gasteiger charge is -2.39. The fourth-order valence-electron chi connectivity index (χ4n) is 4.25. The molecule has 0 amide bonds. The van der Waals surface area contributed by atoms with Gasteiger partial charge in [0.1, 0.15) is 5.82 Å². The first-order chi connectivity index (χ1) is 14.0. The van der Waals surface area contributed by atoms with Crippen molar-refractivity contribution in [1.29, 1.82) is 5.26 Å². The van der Waals surface area contributed by atoms with E-state index >= 15 is 0 Å². The molecule has 146 valence electrons. The number of ketones is 1. The van der Waals surface area contributed by atoms with Crippen molar-refractivity contribution in [3.63, 3.8) is 0 Å². The lowest BCUT2D eigenvalue weighted by atomic mass is 9.75. The summed E-state index contributed by atoms with van der Waals surface area (Å²) in [6.07, 6.45) is 2.95. The Hall–Kier alpha value is -3.03. The Morgan fingerprint density at radius 2 is 1.83 bits per heavy atom. The lowest BCUT2D eigenvalue weighted by Crippen LogP contribution is -2.38. The molecule has 1 aliphatic carbocycles. The molecule has 0 unspecified atom stereocenters. The molecule has 2 aliphatic rings. The van der Waals surface area contributed by atoms with E-state index in [0.717, 1.165) is 36.2 Å². The van der Waals surface area contributed by atoms with E-state index in [1.54, 1.807) is 12.1 Å². The summed E-state index contributed by atoms with van der Waals surface area (Å²) in [6.45, 7) is 2.10. The first-order valence-electron chi connectivity index (χ1n) is 9.85. The molecule has 0 saturated carbocycles. The molecule has 2 aromatic rings. The van der Waals surface area contributed by atoms with Crippen LogP contribution >= 0.6 is 11.6 Å². The van der Waals surface area contributed by atoms with Gasteiger partial charge in [0.25, 0.3) is 0 Å². The van der Waals surface area contributed by atoms with E-state index in [4.69, 9.17) is 17.3 Å². The molecular weight excluding hydrogens is 382 g/mol. The summed E-state index contributed by atoms with van der Waals surface area (Å²) in [5, 5.41) is 10.6. The maximum atomic E-state index is 13.1. The van der Waals surface area contributed by atoms with Gasteiger partial charge >= 0.3 is 0 Å². The molecule has 2 aromatic carbocycles. The molecule has 4 rings (SSSR count). The number of nitrogens with zero attached hydrogens (tertiary/aromatic N) is 2. The van der Waals surface area contributed by atoms with Crippen molar-refractivity contribution in [3.8, 4) is 6.07 Å². The van der Waals surface area contributed by atoms with Crippen molar-refractivity contribution in [2.75, 3.05) is 4.90 Å². The Labute approximate surface area is 175 Å². The van der Waals surface area contributed by atoms with Crippen LogP contribution in [-0.4, -0.2) is 5.78 Å². The molecule has 0 saturated heterocycles. The van der Waals surface area contributed by atoms with Crippen LogP contribution in [0, 0.1) is 11.3 Å². The van der Waals surface area contributed by atoms with Crippen LogP contribution in [0.2, 0.25) is 5.02 Å². The standard InChI is InChI=1S/C24H22ClN3O/c1-2-15-6-8-16(9-7-15)22-19(14-26)24(27)28(18-12-10-17(25)11-13-18)20-4-3-5-21(29)23(20)22/h6-13,22H,2-5,27H2,1H3/t22-/m1/s1.